The summed E-state index contributed by atoms with van der Waals surface area (Å²) in [4.78, 5) is 13.8. The number of hydrogen-bond donors (Lipinski definition) is 2. The summed E-state index contributed by atoms with van der Waals surface area (Å²) in [5.41, 5.74) is -0.311. The molecule has 1 heterocycles. The van der Waals surface area contributed by atoms with E-state index in [2.05, 4.69) is 9.71 Å². The lowest BCUT2D eigenvalue weighted by molar-refractivity contribution is 0.417. The van der Waals surface area contributed by atoms with Crippen molar-refractivity contribution in [2.75, 3.05) is 11.8 Å². The van der Waals surface area contributed by atoms with Gasteiger partial charge in [0.15, 0.2) is 4.90 Å². The molecule has 100 valence electrons. The number of aromatic nitrogens is 1. The summed E-state index contributed by atoms with van der Waals surface area (Å²) in [5, 5.41) is 0. The molecule has 0 radical (unpaired) electrons. The fraction of sp³-hybridized carbons (Fsp3) is 0.0833. The summed E-state index contributed by atoms with van der Waals surface area (Å²) < 4.78 is 31.6. The van der Waals surface area contributed by atoms with Gasteiger partial charge in [0.1, 0.15) is 5.75 Å². The van der Waals surface area contributed by atoms with E-state index >= 15 is 0 Å². The predicted molar refractivity (Wildman–Crippen MR) is 70.9 cm³/mol. The minimum Gasteiger partial charge on any atom is -0.495 e. The van der Waals surface area contributed by atoms with Crippen LogP contribution in [-0.4, -0.2) is 20.5 Å². The standard InChI is InChI=1S/C12H12N2O4S/c1-18-11-5-3-2-4-9(11)14-19(16,17)12-8-13-7-6-10(12)15/h2-8,14H,1H3,(H,13,15). The van der Waals surface area contributed by atoms with Crippen LogP contribution in [0.4, 0.5) is 5.69 Å². The second kappa shape index (κ2) is 5.15. The summed E-state index contributed by atoms with van der Waals surface area (Å²) in [7, 11) is -2.52. The number of rotatable bonds is 4. The van der Waals surface area contributed by atoms with Crippen molar-refractivity contribution in [2.24, 2.45) is 0 Å². The molecule has 0 amide bonds. The molecule has 0 spiro atoms. The van der Waals surface area contributed by atoms with E-state index in [-0.39, 0.29) is 10.6 Å². The number of H-pyrrole nitrogens is 1. The Labute approximate surface area is 110 Å². The van der Waals surface area contributed by atoms with Crippen LogP contribution < -0.4 is 14.9 Å². The first kappa shape index (κ1) is 13.2. The van der Waals surface area contributed by atoms with Crippen LogP contribution in [0.5, 0.6) is 5.75 Å². The zero-order chi connectivity index (χ0) is 13.9. The van der Waals surface area contributed by atoms with Crippen LogP contribution in [0, 0.1) is 0 Å². The lowest BCUT2D eigenvalue weighted by Crippen LogP contribution is -2.21. The van der Waals surface area contributed by atoms with Crippen molar-refractivity contribution in [1.82, 2.24) is 4.98 Å². The molecule has 0 fully saturated rings. The molecular weight excluding hydrogens is 268 g/mol. The SMILES string of the molecule is COc1ccccc1NS(=O)(=O)c1c[nH]ccc1=O. The smallest absolute Gasteiger partial charge is 0.267 e. The van der Waals surface area contributed by atoms with Crippen molar-refractivity contribution in [3.63, 3.8) is 0 Å². The first-order valence-corrected chi connectivity index (χ1v) is 6.86. The Bertz CT molecular complexity index is 737. The molecule has 0 saturated heterocycles. The van der Waals surface area contributed by atoms with E-state index in [1.807, 2.05) is 0 Å². The zero-order valence-corrected chi connectivity index (χ0v) is 10.9. The fourth-order valence-corrected chi connectivity index (χ4v) is 2.66. The normalized spacial score (nSPS) is 11.0. The molecule has 2 N–H and O–H groups in total. The molecule has 7 heteroatoms. The van der Waals surface area contributed by atoms with E-state index in [4.69, 9.17) is 4.74 Å². The van der Waals surface area contributed by atoms with Crippen LogP contribution >= 0.6 is 0 Å². The lowest BCUT2D eigenvalue weighted by atomic mass is 10.3. The van der Waals surface area contributed by atoms with Gasteiger partial charge >= 0.3 is 0 Å². The molecular formula is C12H12N2O4S. The molecule has 0 atom stereocenters. The van der Waals surface area contributed by atoms with E-state index in [1.54, 1.807) is 24.3 Å². The van der Waals surface area contributed by atoms with Crippen LogP contribution in [0.3, 0.4) is 0 Å². The first-order valence-electron chi connectivity index (χ1n) is 5.37. The van der Waals surface area contributed by atoms with Crippen molar-refractivity contribution >= 4 is 15.7 Å². The third-order valence-electron chi connectivity index (χ3n) is 2.43. The number of ether oxygens (including phenoxy) is 1. The van der Waals surface area contributed by atoms with Crippen LogP contribution in [0.1, 0.15) is 0 Å². The highest BCUT2D eigenvalue weighted by Crippen LogP contribution is 2.25. The Kier molecular flexibility index (Phi) is 3.57. The number of para-hydroxylation sites is 2. The summed E-state index contributed by atoms with van der Waals surface area (Å²) in [6, 6.07) is 7.69. The molecule has 2 rings (SSSR count). The number of anilines is 1. The average Bonchev–Trinajstić information content (AvgIpc) is 2.39. The molecule has 1 aromatic carbocycles. The van der Waals surface area contributed by atoms with Gasteiger partial charge in [-0.1, -0.05) is 12.1 Å². The van der Waals surface area contributed by atoms with E-state index in [1.165, 1.54) is 13.3 Å². The third-order valence-corrected chi connectivity index (χ3v) is 3.82. The number of sulfonamides is 1. The van der Waals surface area contributed by atoms with E-state index in [9.17, 15) is 13.2 Å². The second-order valence-corrected chi connectivity index (χ2v) is 5.33. The quantitative estimate of drug-likeness (QED) is 0.880. The van der Waals surface area contributed by atoms with Gasteiger partial charge in [-0.3, -0.25) is 9.52 Å². The third kappa shape index (κ3) is 2.76. The maximum atomic E-state index is 12.1. The summed E-state index contributed by atoms with van der Waals surface area (Å²) in [6.07, 6.45) is 2.50. The van der Waals surface area contributed by atoms with Gasteiger partial charge < -0.3 is 9.72 Å². The lowest BCUT2D eigenvalue weighted by Gasteiger charge is -2.10. The maximum absolute atomic E-state index is 12.1. The molecule has 0 bridgehead atoms. The summed E-state index contributed by atoms with van der Waals surface area (Å²) in [6.45, 7) is 0. The van der Waals surface area contributed by atoms with Crippen molar-refractivity contribution in [3.8, 4) is 5.75 Å². The van der Waals surface area contributed by atoms with Gasteiger partial charge in [0, 0.05) is 18.5 Å². The predicted octanol–water partition coefficient (Wildman–Crippen LogP) is 1.18. The number of pyridine rings is 1. The molecule has 0 aliphatic rings. The monoisotopic (exact) mass is 280 g/mol. The van der Waals surface area contributed by atoms with E-state index in [0.717, 1.165) is 12.3 Å². The minimum atomic E-state index is -3.95. The Balaban J connectivity index is 2.43. The molecule has 19 heavy (non-hydrogen) atoms. The molecule has 0 saturated carbocycles. The molecule has 6 nitrogen and oxygen atoms in total. The van der Waals surface area contributed by atoms with Crippen molar-refractivity contribution < 1.29 is 13.2 Å². The number of benzene rings is 1. The number of nitrogens with one attached hydrogen (secondary N) is 2. The maximum Gasteiger partial charge on any atom is 0.267 e. The first-order chi connectivity index (χ1) is 9.04. The van der Waals surface area contributed by atoms with E-state index < -0.39 is 15.5 Å². The van der Waals surface area contributed by atoms with Crippen LogP contribution in [0.15, 0.2) is 52.4 Å². The Hall–Kier alpha value is -2.28. The van der Waals surface area contributed by atoms with Crippen molar-refractivity contribution in [2.45, 2.75) is 4.90 Å². The molecule has 0 aliphatic heterocycles. The van der Waals surface area contributed by atoms with Crippen molar-refractivity contribution in [3.05, 3.63) is 52.9 Å². The Morgan fingerprint density at radius 3 is 2.63 bits per heavy atom. The van der Waals surface area contributed by atoms with Gasteiger partial charge in [-0.15, -0.1) is 0 Å². The highest BCUT2D eigenvalue weighted by atomic mass is 32.2. The molecule has 0 unspecified atom stereocenters. The highest BCUT2D eigenvalue weighted by molar-refractivity contribution is 7.92. The Morgan fingerprint density at radius 2 is 1.95 bits per heavy atom. The van der Waals surface area contributed by atoms with Gasteiger partial charge in [0.25, 0.3) is 10.0 Å². The van der Waals surface area contributed by atoms with Crippen molar-refractivity contribution in [1.29, 1.82) is 0 Å². The fourth-order valence-electron chi connectivity index (χ4n) is 1.54. The van der Waals surface area contributed by atoms with Crippen LogP contribution in [-0.2, 0) is 10.0 Å². The van der Waals surface area contributed by atoms with Gasteiger partial charge in [-0.2, -0.15) is 0 Å². The van der Waals surface area contributed by atoms with Crippen LogP contribution in [0.25, 0.3) is 0 Å². The van der Waals surface area contributed by atoms with Gasteiger partial charge in [0.05, 0.1) is 12.8 Å². The van der Waals surface area contributed by atoms with Gasteiger partial charge in [-0.05, 0) is 12.1 Å². The van der Waals surface area contributed by atoms with Gasteiger partial charge in [0.2, 0.25) is 5.43 Å². The summed E-state index contributed by atoms with van der Waals surface area (Å²) in [5.74, 6) is 0.374. The molecule has 0 aliphatic carbocycles. The van der Waals surface area contributed by atoms with Gasteiger partial charge in [-0.25, -0.2) is 8.42 Å². The minimum absolute atomic E-state index is 0.272. The van der Waals surface area contributed by atoms with Crippen LogP contribution in [0.2, 0.25) is 0 Å². The highest BCUT2D eigenvalue weighted by Gasteiger charge is 2.19. The zero-order valence-electron chi connectivity index (χ0n) is 10.1. The molecule has 2 aromatic rings. The number of hydrogen-bond acceptors (Lipinski definition) is 4. The number of aromatic amines is 1. The van der Waals surface area contributed by atoms with E-state index in [0.29, 0.717) is 5.75 Å². The summed E-state index contributed by atoms with van der Waals surface area (Å²) >= 11 is 0. The molecule has 1 aromatic heterocycles. The average molecular weight is 280 g/mol. The topological polar surface area (TPSA) is 88.3 Å². The second-order valence-electron chi connectivity index (χ2n) is 3.68. The Morgan fingerprint density at radius 1 is 1.21 bits per heavy atom. The number of methoxy groups -OCH3 is 1. The largest absolute Gasteiger partial charge is 0.495 e.